The fraction of sp³-hybridized carbons (Fsp3) is 0.263. The second-order valence-corrected chi connectivity index (χ2v) is 5.88. The van der Waals surface area contributed by atoms with Crippen molar-refractivity contribution in [2.45, 2.75) is 33.4 Å². The van der Waals surface area contributed by atoms with Crippen LogP contribution in [0.15, 0.2) is 42.5 Å². The molecular formula is C19H21FN2O3. The fourth-order valence-corrected chi connectivity index (χ4v) is 2.23. The summed E-state index contributed by atoms with van der Waals surface area (Å²) in [5.74, 6) is -0.798. The van der Waals surface area contributed by atoms with E-state index >= 15 is 0 Å². The largest absolute Gasteiger partial charge is 0.488 e. The van der Waals surface area contributed by atoms with E-state index in [9.17, 15) is 14.0 Å². The van der Waals surface area contributed by atoms with E-state index in [0.29, 0.717) is 16.8 Å². The number of ether oxygens (including phenoxy) is 1. The average Bonchev–Trinajstić information content (AvgIpc) is 2.54. The molecule has 132 valence electrons. The van der Waals surface area contributed by atoms with Crippen LogP contribution in [0.1, 0.15) is 36.7 Å². The number of carbonyl (C=O) groups excluding carboxylic acids is 2. The van der Waals surface area contributed by atoms with Crippen molar-refractivity contribution in [1.29, 1.82) is 0 Å². The lowest BCUT2D eigenvalue weighted by atomic mass is 10.1. The van der Waals surface area contributed by atoms with Crippen molar-refractivity contribution in [3.63, 3.8) is 0 Å². The summed E-state index contributed by atoms with van der Waals surface area (Å²) in [6, 6.07) is 11.2. The normalized spacial score (nSPS) is 10.4. The second-order valence-electron chi connectivity index (χ2n) is 5.88. The van der Waals surface area contributed by atoms with E-state index in [4.69, 9.17) is 4.74 Å². The summed E-state index contributed by atoms with van der Waals surface area (Å²) in [7, 11) is 0. The van der Waals surface area contributed by atoms with Crippen molar-refractivity contribution >= 4 is 17.5 Å². The maximum Gasteiger partial charge on any atom is 0.251 e. The van der Waals surface area contributed by atoms with Crippen LogP contribution in [0.3, 0.4) is 0 Å². The van der Waals surface area contributed by atoms with Gasteiger partial charge in [0.1, 0.15) is 0 Å². The van der Waals surface area contributed by atoms with Gasteiger partial charge in [0.15, 0.2) is 11.6 Å². The SMILES string of the molecule is CC(=O)Nc1cccc(C(=O)NCc2ccc(OC(C)C)c(F)c2)c1. The third kappa shape index (κ3) is 5.60. The molecule has 0 atom stereocenters. The Morgan fingerprint density at radius 3 is 2.56 bits per heavy atom. The monoisotopic (exact) mass is 344 g/mol. The van der Waals surface area contributed by atoms with Crippen LogP contribution in [0.25, 0.3) is 0 Å². The van der Waals surface area contributed by atoms with Crippen molar-refractivity contribution in [3.05, 3.63) is 59.4 Å². The Morgan fingerprint density at radius 2 is 1.92 bits per heavy atom. The number of carbonyl (C=O) groups is 2. The second kappa shape index (κ2) is 8.28. The first-order valence-corrected chi connectivity index (χ1v) is 7.96. The summed E-state index contributed by atoms with van der Waals surface area (Å²) in [5, 5.41) is 5.34. The molecule has 0 saturated heterocycles. The number of nitrogens with one attached hydrogen (secondary N) is 2. The van der Waals surface area contributed by atoms with Gasteiger partial charge in [0.05, 0.1) is 6.10 Å². The number of amides is 2. The van der Waals surface area contributed by atoms with E-state index < -0.39 is 5.82 Å². The molecule has 0 heterocycles. The third-order valence-corrected chi connectivity index (χ3v) is 3.26. The van der Waals surface area contributed by atoms with Gasteiger partial charge < -0.3 is 15.4 Å². The smallest absolute Gasteiger partial charge is 0.251 e. The highest BCUT2D eigenvalue weighted by Gasteiger charge is 2.09. The topological polar surface area (TPSA) is 67.4 Å². The van der Waals surface area contributed by atoms with Gasteiger partial charge in [-0.1, -0.05) is 12.1 Å². The Kier molecular flexibility index (Phi) is 6.11. The Labute approximate surface area is 146 Å². The van der Waals surface area contributed by atoms with Crippen LogP contribution in [0.5, 0.6) is 5.75 Å². The minimum atomic E-state index is -0.465. The molecule has 2 aromatic carbocycles. The fourth-order valence-electron chi connectivity index (χ4n) is 2.23. The maximum absolute atomic E-state index is 14.0. The molecule has 0 aromatic heterocycles. The van der Waals surface area contributed by atoms with E-state index in [1.807, 2.05) is 13.8 Å². The minimum absolute atomic E-state index is 0.115. The molecular weight excluding hydrogens is 323 g/mol. The first kappa shape index (κ1) is 18.4. The van der Waals surface area contributed by atoms with E-state index in [1.165, 1.54) is 13.0 Å². The molecule has 6 heteroatoms. The highest BCUT2D eigenvalue weighted by atomic mass is 19.1. The van der Waals surface area contributed by atoms with Crippen LogP contribution in [0.2, 0.25) is 0 Å². The number of anilines is 1. The lowest BCUT2D eigenvalue weighted by Crippen LogP contribution is -2.23. The maximum atomic E-state index is 14.0. The molecule has 0 aliphatic heterocycles. The van der Waals surface area contributed by atoms with Crippen molar-refractivity contribution < 1.29 is 18.7 Å². The van der Waals surface area contributed by atoms with Gasteiger partial charge in [-0.3, -0.25) is 9.59 Å². The molecule has 2 rings (SSSR count). The van der Waals surface area contributed by atoms with Gasteiger partial charge in [-0.15, -0.1) is 0 Å². The summed E-state index contributed by atoms with van der Waals surface area (Å²) in [4.78, 5) is 23.3. The summed E-state index contributed by atoms with van der Waals surface area (Å²) >= 11 is 0. The molecule has 2 amide bonds. The molecule has 0 bridgehead atoms. The predicted octanol–water partition coefficient (Wildman–Crippen LogP) is 3.50. The van der Waals surface area contributed by atoms with Crippen LogP contribution in [-0.2, 0) is 11.3 Å². The van der Waals surface area contributed by atoms with Gasteiger partial charge in [0.2, 0.25) is 5.91 Å². The van der Waals surface area contributed by atoms with Gasteiger partial charge in [0.25, 0.3) is 5.91 Å². The van der Waals surface area contributed by atoms with Gasteiger partial charge in [-0.2, -0.15) is 0 Å². The van der Waals surface area contributed by atoms with E-state index in [0.717, 1.165) is 0 Å². The van der Waals surface area contributed by atoms with E-state index in [1.54, 1.807) is 36.4 Å². The minimum Gasteiger partial charge on any atom is -0.488 e. The first-order valence-electron chi connectivity index (χ1n) is 7.96. The Balaban J connectivity index is 2.00. The molecule has 0 radical (unpaired) electrons. The van der Waals surface area contributed by atoms with Gasteiger partial charge >= 0.3 is 0 Å². The zero-order valence-electron chi connectivity index (χ0n) is 14.4. The van der Waals surface area contributed by atoms with E-state index in [2.05, 4.69) is 10.6 Å². The van der Waals surface area contributed by atoms with Gasteiger partial charge in [0, 0.05) is 24.7 Å². The molecule has 0 spiro atoms. The molecule has 2 aromatic rings. The van der Waals surface area contributed by atoms with Crippen molar-refractivity contribution in [3.8, 4) is 5.75 Å². The van der Waals surface area contributed by atoms with Crippen molar-refractivity contribution in [1.82, 2.24) is 5.32 Å². The van der Waals surface area contributed by atoms with Gasteiger partial charge in [-0.05, 0) is 49.7 Å². The molecule has 0 unspecified atom stereocenters. The molecule has 2 N–H and O–H groups in total. The summed E-state index contributed by atoms with van der Waals surface area (Å²) in [6.45, 7) is 5.22. The number of hydrogen-bond acceptors (Lipinski definition) is 3. The highest BCUT2D eigenvalue weighted by Crippen LogP contribution is 2.19. The number of hydrogen-bond donors (Lipinski definition) is 2. The quantitative estimate of drug-likeness (QED) is 0.843. The lowest BCUT2D eigenvalue weighted by Gasteiger charge is -2.12. The lowest BCUT2D eigenvalue weighted by molar-refractivity contribution is -0.114. The average molecular weight is 344 g/mol. The summed E-state index contributed by atoms with van der Waals surface area (Å²) in [6.07, 6.45) is -0.115. The standard InChI is InChI=1S/C19H21FN2O3/c1-12(2)25-18-8-7-14(9-17(18)20)11-21-19(24)15-5-4-6-16(10-15)22-13(3)23/h4-10,12H,11H2,1-3H3,(H,21,24)(H,22,23). The Hall–Kier alpha value is -2.89. The van der Waals surface area contributed by atoms with Gasteiger partial charge in [-0.25, -0.2) is 4.39 Å². The van der Waals surface area contributed by atoms with Crippen molar-refractivity contribution in [2.24, 2.45) is 0 Å². The molecule has 0 fully saturated rings. The number of benzene rings is 2. The Morgan fingerprint density at radius 1 is 1.16 bits per heavy atom. The highest BCUT2D eigenvalue weighted by molar-refractivity contribution is 5.96. The molecule has 0 saturated carbocycles. The zero-order chi connectivity index (χ0) is 18.4. The zero-order valence-corrected chi connectivity index (χ0v) is 14.4. The predicted molar refractivity (Wildman–Crippen MR) is 94.1 cm³/mol. The van der Waals surface area contributed by atoms with Crippen LogP contribution < -0.4 is 15.4 Å². The third-order valence-electron chi connectivity index (χ3n) is 3.26. The summed E-state index contributed by atoms with van der Waals surface area (Å²) < 4.78 is 19.3. The Bertz CT molecular complexity index is 775. The summed E-state index contributed by atoms with van der Waals surface area (Å²) in [5.41, 5.74) is 1.58. The van der Waals surface area contributed by atoms with Crippen LogP contribution >= 0.6 is 0 Å². The van der Waals surface area contributed by atoms with Crippen molar-refractivity contribution in [2.75, 3.05) is 5.32 Å². The van der Waals surface area contributed by atoms with Crippen LogP contribution in [0.4, 0.5) is 10.1 Å². The first-order chi connectivity index (χ1) is 11.8. The van der Waals surface area contributed by atoms with Crippen LogP contribution in [-0.4, -0.2) is 17.9 Å². The molecule has 0 aliphatic carbocycles. The van der Waals surface area contributed by atoms with E-state index in [-0.39, 0.29) is 30.2 Å². The number of rotatable bonds is 6. The molecule has 25 heavy (non-hydrogen) atoms. The van der Waals surface area contributed by atoms with Crippen LogP contribution in [0, 0.1) is 5.82 Å². The molecule has 0 aliphatic rings. The number of halogens is 1. The molecule has 5 nitrogen and oxygen atoms in total.